The van der Waals surface area contributed by atoms with Crippen molar-refractivity contribution in [1.82, 2.24) is 5.32 Å². The molecule has 0 saturated heterocycles. The van der Waals surface area contributed by atoms with E-state index in [4.69, 9.17) is 16.3 Å². The van der Waals surface area contributed by atoms with Gasteiger partial charge in [0.15, 0.2) is 0 Å². The van der Waals surface area contributed by atoms with Crippen molar-refractivity contribution in [2.75, 3.05) is 19.0 Å². The maximum atomic E-state index is 11.7. The van der Waals surface area contributed by atoms with Crippen molar-refractivity contribution >= 4 is 23.3 Å². The van der Waals surface area contributed by atoms with Crippen LogP contribution in [0.5, 0.6) is 5.75 Å². The highest BCUT2D eigenvalue weighted by Gasteiger charge is 2.02. The topological polar surface area (TPSA) is 50.4 Å². The van der Waals surface area contributed by atoms with E-state index in [-0.39, 0.29) is 6.03 Å². The molecule has 0 aliphatic rings. The molecule has 0 saturated carbocycles. The van der Waals surface area contributed by atoms with Crippen LogP contribution in [0.25, 0.3) is 0 Å². The molecule has 5 heteroatoms. The summed E-state index contributed by atoms with van der Waals surface area (Å²) in [5, 5.41) is 6.27. The molecule has 2 amide bonds. The predicted molar refractivity (Wildman–Crippen MR) is 85.2 cm³/mol. The largest absolute Gasteiger partial charge is 0.497 e. The molecule has 0 atom stereocenters. The normalized spacial score (nSPS) is 10.0. The molecule has 0 aromatic heterocycles. The van der Waals surface area contributed by atoms with Crippen LogP contribution in [0.15, 0.2) is 48.5 Å². The smallest absolute Gasteiger partial charge is 0.319 e. The Hall–Kier alpha value is -2.20. The Bertz CT molecular complexity index is 599. The van der Waals surface area contributed by atoms with Gasteiger partial charge < -0.3 is 15.4 Å². The third-order valence-electron chi connectivity index (χ3n) is 2.94. The molecule has 0 aliphatic carbocycles. The first kappa shape index (κ1) is 15.2. The van der Waals surface area contributed by atoms with Crippen LogP contribution >= 0.6 is 11.6 Å². The Balaban J connectivity index is 1.76. The van der Waals surface area contributed by atoms with Crippen molar-refractivity contribution < 1.29 is 9.53 Å². The second-order valence-corrected chi connectivity index (χ2v) is 4.93. The number of anilines is 1. The molecular weight excluding hydrogens is 288 g/mol. The number of nitrogens with one attached hydrogen (secondary N) is 2. The van der Waals surface area contributed by atoms with Crippen LogP contribution in [0.2, 0.25) is 5.02 Å². The highest BCUT2D eigenvalue weighted by molar-refractivity contribution is 6.30. The molecule has 21 heavy (non-hydrogen) atoms. The highest BCUT2D eigenvalue weighted by atomic mass is 35.5. The molecule has 4 nitrogen and oxygen atoms in total. The van der Waals surface area contributed by atoms with E-state index in [1.54, 1.807) is 31.4 Å². The average Bonchev–Trinajstić information content (AvgIpc) is 2.48. The van der Waals surface area contributed by atoms with Crippen LogP contribution < -0.4 is 15.4 Å². The molecule has 2 aromatic carbocycles. The zero-order valence-electron chi connectivity index (χ0n) is 11.7. The highest BCUT2D eigenvalue weighted by Crippen LogP contribution is 2.14. The van der Waals surface area contributed by atoms with E-state index < -0.39 is 0 Å². The summed E-state index contributed by atoms with van der Waals surface area (Å²) in [5.74, 6) is 0.752. The minimum Gasteiger partial charge on any atom is -0.497 e. The van der Waals surface area contributed by atoms with E-state index in [0.717, 1.165) is 23.4 Å². The van der Waals surface area contributed by atoms with Crippen molar-refractivity contribution in [3.05, 3.63) is 59.1 Å². The molecule has 0 fully saturated rings. The van der Waals surface area contributed by atoms with Gasteiger partial charge in [0.05, 0.1) is 7.11 Å². The maximum Gasteiger partial charge on any atom is 0.319 e. The summed E-state index contributed by atoms with van der Waals surface area (Å²) in [7, 11) is 1.60. The van der Waals surface area contributed by atoms with Gasteiger partial charge in [0.1, 0.15) is 5.75 Å². The van der Waals surface area contributed by atoms with Gasteiger partial charge in [-0.2, -0.15) is 0 Å². The van der Waals surface area contributed by atoms with Gasteiger partial charge >= 0.3 is 6.03 Å². The van der Waals surface area contributed by atoms with Crippen LogP contribution in [-0.2, 0) is 6.42 Å². The molecule has 0 spiro atoms. The van der Waals surface area contributed by atoms with E-state index in [1.165, 1.54) is 0 Å². The first-order chi connectivity index (χ1) is 10.2. The molecule has 0 heterocycles. The summed E-state index contributed by atoms with van der Waals surface area (Å²) >= 11 is 5.91. The summed E-state index contributed by atoms with van der Waals surface area (Å²) in [5.41, 5.74) is 1.81. The molecule has 2 aromatic rings. The van der Waals surface area contributed by atoms with E-state index in [9.17, 15) is 4.79 Å². The number of benzene rings is 2. The fraction of sp³-hybridized carbons (Fsp3) is 0.188. The molecule has 0 aliphatic heterocycles. The number of methoxy groups -OCH3 is 1. The standard InChI is InChI=1S/C16H17ClN2O2/c1-21-15-7-5-14(6-8-15)19-16(20)18-10-9-12-3-2-4-13(17)11-12/h2-8,11H,9-10H2,1H3,(H2,18,19,20). The van der Waals surface area contributed by atoms with Crippen LogP contribution in [0, 0.1) is 0 Å². The average molecular weight is 305 g/mol. The Morgan fingerprint density at radius 2 is 1.95 bits per heavy atom. The number of rotatable bonds is 5. The lowest BCUT2D eigenvalue weighted by atomic mass is 10.1. The molecule has 0 unspecified atom stereocenters. The van der Waals surface area contributed by atoms with Gasteiger partial charge in [0, 0.05) is 17.3 Å². The van der Waals surface area contributed by atoms with Crippen molar-refractivity contribution in [2.24, 2.45) is 0 Å². The summed E-state index contributed by atoms with van der Waals surface area (Å²) in [6.45, 7) is 0.544. The molecule has 2 N–H and O–H groups in total. The number of carbonyl (C=O) groups is 1. The third kappa shape index (κ3) is 5.00. The number of ether oxygens (including phenoxy) is 1. The summed E-state index contributed by atoms with van der Waals surface area (Å²) < 4.78 is 5.06. The van der Waals surface area contributed by atoms with Gasteiger partial charge in [-0.1, -0.05) is 23.7 Å². The predicted octanol–water partition coefficient (Wildman–Crippen LogP) is 3.71. The summed E-state index contributed by atoms with van der Waals surface area (Å²) in [6, 6.07) is 14.5. The lowest BCUT2D eigenvalue weighted by Gasteiger charge is -2.08. The first-order valence-electron chi connectivity index (χ1n) is 6.61. The van der Waals surface area contributed by atoms with Crippen LogP contribution in [-0.4, -0.2) is 19.7 Å². The van der Waals surface area contributed by atoms with Gasteiger partial charge in [0.25, 0.3) is 0 Å². The quantitative estimate of drug-likeness (QED) is 0.884. The Morgan fingerprint density at radius 1 is 1.19 bits per heavy atom. The fourth-order valence-electron chi connectivity index (χ4n) is 1.86. The minimum atomic E-state index is -0.234. The van der Waals surface area contributed by atoms with Gasteiger partial charge in [-0.15, -0.1) is 0 Å². The van der Waals surface area contributed by atoms with Gasteiger partial charge in [-0.05, 0) is 48.4 Å². The number of urea groups is 1. The van der Waals surface area contributed by atoms with E-state index >= 15 is 0 Å². The maximum absolute atomic E-state index is 11.7. The van der Waals surface area contributed by atoms with Crippen LogP contribution in [0.4, 0.5) is 10.5 Å². The molecule has 0 radical (unpaired) electrons. The van der Waals surface area contributed by atoms with Crippen molar-refractivity contribution in [3.8, 4) is 5.75 Å². The van der Waals surface area contributed by atoms with Gasteiger partial charge in [-0.3, -0.25) is 0 Å². The van der Waals surface area contributed by atoms with E-state index in [0.29, 0.717) is 11.6 Å². The molecule has 0 bridgehead atoms. The third-order valence-corrected chi connectivity index (χ3v) is 3.17. The zero-order valence-corrected chi connectivity index (χ0v) is 12.5. The minimum absolute atomic E-state index is 0.234. The van der Waals surface area contributed by atoms with Crippen molar-refractivity contribution in [1.29, 1.82) is 0 Å². The number of amides is 2. The molecule has 2 rings (SSSR count). The lowest BCUT2D eigenvalue weighted by molar-refractivity contribution is 0.252. The van der Waals surface area contributed by atoms with Crippen LogP contribution in [0.1, 0.15) is 5.56 Å². The van der Waals surface area contributed by atoms with Crippen molar-refractivity contribution in [2.45, 2.75) is 6.42 Å². The zero-order chi connectivity index (χ0) is 15.1. The SMILES string of the molecule is COc1ccc(NC(=O)NCCc2cccc(Cl)c2)cc1. The summed E-state index contributed by atoms with van der Waals surface area (Å²) in [6.07, 6.45) is 0.733. The van der Waals surface area contributed by atoms with E-state index in [2.05, 4.69) is 10.6 Å². The number of hydrogen-bond donors (Lipinski definition) is 2. The van der Waals surface area contributed by atoms with E-state index in [1.807, 2.05) is 24.3 Å². The fourth-order valence-corrected chi connectivity index (χ4v) is 2.08. The second kappa shape index (κ2) is 7.55. The van der Waals surface area contributed by atoms with Gasteiger partial charge in [0.2, 0.25) is 0 Å². The lowest BCUT2D eigenvalue weighted by Crippen LogP contribution is -2.30. The van der Waals surface area contributed by atoms with Crippen LogP contribution in [0.3, 0.4) is 0 Å². The monoisotopic (exact) mass is 304 g/mol. The van der Waals surface area contributed by atoms with Gasteiger partial charge in [-0.25, -0.2) is 4.79 Å². The summed E-state index contributed by atoms with van der Waals surface area (Å²) in [4.78, 5) is 11.7. The molecular formula is C16H17ClN2O2. The first-order valence-corrected chi connectivity index (χ1v) is 6.98. The number of halogens is 1. The number of hydrogen-bond acceptors (Lipinski definition) is 2. The molecule has 110 valence electrons. The number of carbonyl (C=O) groups excluding carboxylic acids is 1. The second-order valence-electron chi connectivity index (χ2n) is 4.49. The Morgan fingerprint density at radius 3 is 2.62 bits per heavy atom. The Kier molecular flexibility index (Phi) is 5.46. The Labute approximate surface area is 129 Å². The van der Waals surface area contributed by atoms with Crippen molar-refractivity contribution in [3.63, 3.8) is 0 Å².